The Bertz CT molecular complexity index is 1500. The van der Waals surface area contributed by atoms with E-state index in [1.807, 2.05) is 6.92 Å². The van der Waals surface area contributed by atoms with Crippen LogP contribution >= 0.6 is 0 Å². The first-order chi connectivity index (χ1) is 19.6. The van der Waals surface area contributed by atoms with E-state index in [4.69, 9.17) is 19.8 Å². The van der Waals surface area contributed by atoms with Crippen LogP contribution in [0.1, 0.15) is 38.8 Å². The Morgan fingerprint density at radius 1 is 1.17 bits per heavy atom. The zero-order valence-electron chi connectivity index (χ0n) is 23.0. The van der Waals surface area contributed by atoms with Crippen molar-refractivity contribution in [3.63, 3.8) is 0 Å². The fraction of sp³-hybridized carbons (Fsp3) is 0.414. The molecule has 10 nitrogen and oxygen atoms in total. The third-order valence-electron chi connectivity index (χ3n) is 7.69. The van der Waals surface area contributed by atoms with Crippen LogP contribution in [0, 0.1) is 5.82 Å². The molecule has 1 aliphatic carbocycles. The maximum Gasteiger partial charge on any atom is 0.319 e. The van der Waals surface area contributed by atoms with Crippen LogP contribution in [0.5, 0.6) is 0 Å². The first-order valence-corrected chi connectivity index (χ1v) is 15.1. The molecule has 1 aliphatic heterocycles. The summed E-state index contributed by atoms with van der Waals surface area (Å²) in [4.78, 5) is 24.0. The summed E-state index contributed by atoms with van der Waals surface area (Å²) >= 11 is 0. The molecule has 218 valence electrons. The molecule has 1 aromatic heterocycles. The van der Waals surface area contributed by atoms with Crippen molar-refractivity contribution in [1.29, 1.82) is 0 Å². The second kappa shape index (κ2) is 11.7. The molecule has 1 saturated heterocycles. The lowest BCUT2D eigenvalue weighted by atomic mass is 9.81. The highest BCUT2D eigenvalue weighted by Crippen LogP contribution is 2.51. The SMILES string of the molecule is C[C@@H](CO)NC(=O)Nc1ccc(-c2nc(N3CCOC[C@@H]3C)cc(C3(S(=O)(=O)c4ccc(F)cc4)CCC3)n2)cc1. The summed E-state index contributed by atoms with van der Waals surface area (Å²) in [6.45, 7) is 5.17. The number of anilines is 2. The molecular weight excluding hydrogens is 549 g/mol. The van der Waals surface area contributed by atoms with Crippen LogP contribution in [0.3, 0.4) is 0 Å². The van der Waals surface area contributed by atoms with Crippen LogP contribution in [0.2, 0.25) is 0 Å². The maximum atomic E-state index is 14.0. The number of aliphatic hydroxyl groups excluding tert-OH is 1. The first kappa shape index (κ1) is 28.9. The zero-order chi connectivity index (χ0) is 29.2. The minimum atomic E-state index is -3.90. The summed E-state index contributed by atoms with van der Waals surface area (Å²) in [5, 5.41) is 14.5. The van der Waals surface area contributed by atoms with E-state index in [0.717, 1.165) is 18.6 Å². The molecule has 2 amide bonds. The number of rotatable bonds is 8. The molecule has 0 unspecified atom stereocenters. The van der Waals surface area contributed by atoms with Gasteiger partial charge < -0.3 is 25.4 Å². The average Bonchev–Trinajstić information content (AvgIpc) is 2.93. The fourth-order valence-corrected chi connectivity index (χ4v) is 7.30. The highest BCUT2D eigenvalue weighted by molar-refractivity contribution is 7.92. The van der Waals surface area contributed by atoms with E-state index in [0.29, 0.717) is 61.2 Å². The summed E-state index contributed by atoms with van der Waals surface area (Å²) in [7, 11) is -3.90. The van der Waals surface area contributed by atoms with Gasteiger partial charge in [-0.2, -0.15) is 0 Å². The molecule has 2 aliphatic rings. The fourth-order valence-electron chi connectivity index (χ4n) is 5.15. The molecule has 1 saturated carbocycles. The van der Waals surface area contributed by atoms with Gasteiger partial charge in [-0.25, -0.2) is 27.6 Å². The van der Waals surface area contributed by atoms with Gasteiger partial charge in [0.1, 0.15) is 16.4 Å². The van der Waals surface area contributed by atoms with E-state index in [1.165, 1.54) is 12.1 Å². The van der Waals surface area contributed by atoms with Crippen LogP contribution in [0.25, 0.3) is 11.4 Å². The van der Waals surface area contributed by atoms with Crippen LogP contribution in [0.4, 0.5) is 20.7 Å². The summed E-state index contributed by atoms with van der Waals surface area (Å²) in [6.07, 6.45) is 1.51. The van der Waals surface area contributed by atoms with Crippen LogP contribution in [-0.2, 0) is 19.3 Å². The number of aromatic nitrogens is 2. The number of nitrogens with zero attached hydrogens (tertiary/aromatic N) is 3. The molecule has 0 spiro atoms. The van der Waals surface area contributed by atoms with Crippen molar-refractivity contribution in [2.45, 2.75) is 54.8 Å². The van der Waals surface area contributed by atoms with E-state index in [2.05, 4.69) is 15.5 Å². The number of ether oxygens (including phenoxy) is 1. The molecule has 41 heavy (non-hydrogen) atoms. The zero-order valence-corrected chi connectivity index (χ0v) is 23.8. The number of carbonyl (C=O) groups is 1. The molecule has 3 aromatic rings. The molecular formula is C29H34FN5O5S. The Balaban J connectivity index is 1.54. The quantitative estimate of drug-likeness (QED) is 0.341. The Kier molecular flexibility index (Phi) is 8.25. The topological polar surface area (TPSA) is 134 Å². The lowest BCUT2D eigenvalue weighted by Gasteiger charge is -2.41. The van der Waals surface area contributed by atoms with Gasteiger partial charge in [-0.15, -0.1) is 0 Å². The first-order valence-electron chi connectivity index (χ1n) is 13.7. The molecule has 3 N–H and O–H groups in total. The lowest BCUT2D eigenvalue weighted by Crippen LogP contribution is -2.46. The highest BCUT2D eigenvalue weighted by Gasteiger charge is 2.52. The molecule has 2 fully saturated rings. The normalized spacial score (nSPS) is 19.2. The van der Waals surface area contributed by atoms with Gasteiger partial charge in [0.25, 0.3) is 0 Å². The number of hydrogen-bond acceptors (Lipinski definition) is 8. The molecule has 0 radical (unpaired) electrons. The second-order valence-electron chi connectivity index (χ2n) is 10.6. The van der Waals surface area contributed by atoms with E-state index in [9.17, 15) is 17.6 Å². The van der Waals surface area contributed by atoms with Gasteiger partial charge in [0.05, 0.1) is 42.5 Å². The standard InChI is InChI=1S/C29H34FN5O5S/c1-19(17-36)31-28(37)32-23-8-4-21(5-9-23)27-33-25(16-26(34-27)35-14-15-40-18-20(35)2)29(12-3-13-29)41(38,39)24-10-6-22(30)7-11-24/h4-11,16,19-20,36H,3,12-15,17-18H2,1-2H3,(H2,31,32,37)/t19-,20-/m0/s1. The van der Waals surface area contributed by atoms with Crippen molar-refractivity contribution >= 4 is 27.4 Å². The van der Waals surface area contributed by atoms with Gasteiger partial charge in [-0.3, -0.25) is 0 Å². The van der Waals surface area contributed by atoms with E-state index in [1.54, 1.807) is 37.3 Å². The van der Waals surface area contributed by atoms with Gasteiger partial charge >= 0.3 is 6.03 Å². The van der Waals surface area contributed by atoms with E-state index in [-0.39, 0.29) is 17.5 Å². The van der Waals surface area contributed by atoms with Gasteiger partial charge in [-0.1, -0.05) is 0 Å². The number of nitrogens with one attached hydrogen (secondary N) is 2. The van der Waals surface area contributed by atoms with Gasteiger partial charge in [0.15, 0.2) is 15.7 Å². The minimum Gasteiger partial charge on any atom is -0.394 e. The van der Waals surface area contributed by atoms with Crippen molar-refractivity contribution in [1.82, 2.24) is 15.3 Å². The largest absolute Gasteiger partial charge is 0.394 e. The van der Waals surface area contributed by atoms with Gasteiger partial charge in [0, 0.05) is 23.9 Å². The number of morpholine rings is 1. The average molecular weight is 584 g/mol. The Morgan fingerprint density at radius 3 is 2.49 bits per heavy atom. The Labute approximate surface area is 238 Å². The van der Waals surface area contributed by atoms with E-state index < -0.39 is 32.5 Å². The molecule has 5 rings (SSSR count). The summed E-state index contributed by atoms with van der Waals surface area (Å²) in [5.41, 5.74) is 1.59. The molecule has 0 bridgehead atoms. The van der Waals surface area contributed by atoms with E-state index >= 15 is 0 Å². The predicted octanol–water partition coefficient (Wildman–Crippen LogP) is 3.86. The maximum absolute atomic E-state index is 14.0. The van der Waals surface area contributed by atoms with Crippen LogP contribution in [-0.4, -0.2) is 68.0 Å². The number of urea groups is 1. The van der Waals surface area contributed by atoms with Crippen molar-refractivity contribution < 1.29 is 27.4 Å². The van der Waals surface area contributed by atoms with Gasteiger partial charge in [-0.05, 0) is 81.6 Å². The summed E-state index contributed by atoms with van der Waals surface area (Å²) in [5.74, 6) is 0.473. The summed E-state index contributed by atoms with van der Waals surface area (Å²) in [6, 6.07) is 12.8. The third-order valence-corrected chi connectivity index (χ3v) is 10.2. The minimum absolute atomic E-state index is 0.0248. The lowest BCUT2D eigenvalue weighted by molar-refractivity contribution is 0.0985. The Hall–Kier alpha value is -3.61. The Morgan fingerprint density at radius 2 is 1.88 bits per heavy atom. The smallest absolute Gasteiger partial charge is 0.319 e. The number of aliphatic hydroxyl groups is 1. The number of benzene rings is 2. The number of halogens is 1. The van der Waals surface area contributed by atoms with Crippen molar-refractivity contribution in [2.75, 3.05) is 36.6 Å². The monoisotopic (exact) mass is 583 g/mol. The molecule has 2 atom stereocenters. The van der Waals surface area contributed by atoms with Crippen LogP contribution < -0.4 is 15.5 Å². The highest BCUT2D eigenvalue weighted by atomic mass is 32.2. The van der Waals surface area contributed by atoms with Gasteiger partial charge in [0.2, 0.25) is 0 Å². The second-order valence-corrected chi connectivity index (χ2v) is 12.9. The molecule has 2 heterocycles. The number of hydrogen-bond donors (Lipinski definition) is 3. The number of carbonyl (C=O) groups excluding carboxylic acids is 1. The van der Waals surface area contributed by atoms with Crippen LogP contribution in [0.15, 0.2) is 59.5 Å². The van der Waals surface area contributed by atoms with Crippen molar-refractivity contribution in [3.8, 4) is 11.4 Å². The van der Waals surface area contributed by atoms with Crippen molar-refractivity contribution in [3.05, 3.63) is 66.1 Å². The number of amides is 2. The number of sulfone groups is 1. The molecule has 2 aromatic carbocycles. The molecule has 12 heteroatoms. The predicted molar refractivity (Wildman–Crippen MR) is 153 cm³/mol. The van der Waals surface area contributed by atoms with Crippen molar-refractivity contribution in [2.24, 2.45) is 0 Å². The third kappa shape index (κ3) is 5.77. The summed E-state index contributed by atoms with van der Waals surface area (Å²) < 4.78 is 46.0.